The molecule has 0 bridgehead atoms. The molecule has 0 aromatic carbocycles. The minimum absolute atomic E-state index is 0.0403. The fourth-order valence-corrected chi connectivity index (χ4v) is 2.31. The highest BCUT2D eigenvalue weighted by Gasteiger charge is 2.29. The highest BCUT2D eigenvalue weighted by molar-refractivity contribution is 5.84. The highest BCUT2D eigenvalue weighted by atomic mass is 16.5. The molecule has 2 rings (SSSR count). The van der Waals surface area contributed by atoms with Crippen LogP contribution in [0.4, 0.5) is 0 Å². The van der Waals surface area contributed by atoms with E-state index in [1.165, 1.54) is 6.07 Å². The van der Waals surface area contributed by atoms with Crippen LogP contribution < -0.4 is 5.32 Å². The third-order valence-corrected chi connectivity index (χ3v) is 3.50. The zero-order chi connectivity index (χ0) is 15.5. The van der Waals surface area contributed by atoms with Crippen molar-refractivity contribution in [2.45, 2.75) is 51.2 Å². The molecule has 1 saturated heterocycles. The first kappa shape index (κ1) is 15.5. The van der Waals surface area contributed by atoms with Gasteiger partial charge in [-0.2, -0.15) is 0 Å². The summed E-state index contributed by atoms with van der Waals surface area (Å²) in [5.74, 6) is -1.58. The van der Waals surface area contributed by atoms with Crippen LogP contribution >= 0.6 is 0 Å². The average molecular weight is 296 g/mol. The topological polar surface area (TPSA) is 102 Å². The molecule has 0 spiro atoms. The Kier molecular flexibility index (Phi) is 4.62. The van der Waals surface area contributed by atoms with Crippen LogP contribution in [-0.4, -0.2) is 34.9 Å². The van der Waals surface area contributed by atoms with Crippen LogP contribution in [0.25, 0.3) is 0 Å². The van der Waals surface area contributed by atoms with Crippen molar-refractivity contribution in [1.29, 1.82) is 0 Å². The Bertz CT molecular complexity index is 517. The molecular weight excluding hydrogens is 276 g/mol. The smallest absolute Gasteiger partial charge is 0.374 e. The number of aromatic carboxylic acids is 1. The van der Waals surface area contributed by atoms with Crippen LogP contribution in [0.15, 0.2) is 10.6 Å². The number of carboxylic acids is 1. The SMILES string of the molecule is CC(C)(NC(=O)C[C@H]1CCCCO1)c1cc(C(=O)O)on1. The normalized spacial score (nSPS) is 19.2. The standard InChI is InChI=1S/C14H20N2O5/c1-14(2,11-8-10(13(18)19)21-16-11)15-12(17)7-9-5-3-4-6-20-9/h8-9H,3-7H2,1-2H3,(H,15,17)(H,18,19)/t9-/m1/s1. The van der Waals surface area contributed by atoms with Gasteiger partial charge in [-0.3, -0.25) is 4.79 Å². The molecule has 7 heteroatoms. The molecule has 0 unspecified atom stereocenters. The number of aromatic nitrogens is 1. The van der Waals surface area contributed by atoms with Crippen LogP contribution in [0.1, 0.15) is 55.8 Å². The lowest BCUT2D eigenvalue weighted by molar-refractivity contribution is -0.126. The predicted octanol–water partition coefficient (Wildman–Crippen LogP) is 1.68. The summed E-state index contributed by atoms with van der Waals surface area (Å²) in [7, 11) is 0. The molecule has 1 aliphatic heterocycles. The van der Waals surface area contributed by atoms with Crippen molar-refractivity contribution in [1.82, 2.24) is 10.5 Å². The van der Waals surface area contributed by atoms with E-state index < -0.39 is 11.5 Å². The zero-order valence-electron chi connectivity index (χ0n) is 12.2. The summed E-state index contributed by atoms with van der Waals surface area (Å²) in [6, 6.07) is 1.32. The van der Waals surface area contributed by atoms with Crippen LogP contribution in [-0.2, 0) is 15.1 Å². The van der Waals surface area contributed by atoms with Gasteiger partial charge in [0.25, 0.3) is 0 Å². The maximum absolute atomic E-state index is 12.1. The summed E-state index contributed by atoms with van der Waals surface area (Å²) in [6.07, 6.45) is 3.27. The molecule has 0 radical (unpaired) electrons. The predicted molar refractivity (Wildman–Crippen MR) is 72.8 cm³/mol. The number of ether oxygens (including phenoxy) is 1. The van der Waals surface area contributed by atoms with Gasteiger partial charge < -0.3 is 19.7 Å². The van der Waals surface area contributed by atoms with E-state index in [-0.39, 0.29) is 17.8 Å². The molecule has 2 N–H and O–H groups in total. The van der Waals surface area contributed by atoms with Crippen molar-refractivity contribution >= 4 is 11.9 Å². The Balaban J connectivity index is 1.95. The minimum Gasteiger partial charge on any atom is -0.475 e. The van der Waals surface area contributed by atoms with Crippen molar-refractivity contribution < 1.29 is 24.0 Å². The molecule has 1 fully saturated rings. The van der Waals surface area contributed by atoms with Gasteiger partial charge in [0.1, 0.15) is 5.69 Å². The first-order valence-electron chi connectivity index (χ1n) is 7.01. The number of carboxylic acid groups (broad SMARTS) is 1. The van der Waals surface area contributed by atoms with Gasteiger partial charge in [0.05, 0.1) is 18.1 Å². The Morgan fingerprint density at radius 2 is 2.24 bits per heavy atom. The Labute approximate surface area is 122 Å². The van der Waals surface area contributed by atoms with Crippen LogP contribution in [0.3, 0.4) is 0 Å². The molecule has 1 aromatic heterocycles. The molecule has 1 aromatic rings. The fraction of sp³-hybridized carbons (Fsp3) is 0.643. The number of hydrogen-bond acceptors (Lipinski definition) is 5. The van der Waals surface area contributed by atoms with Gasteiger partial charge in [-0.05, 0) is 33.1 Å². The number of nitrogens with zero attached hydrogens (tertiary/aromatic N) is 1. The van der Waals surface area contributed by atoms with Crippen molar-refractivity contribution in [3.05, 3.63) is 17.5 Å². The maximum Gasteiger partial charge on any atom is 0.374 e. The minimum atomic E-state index is -1.19. The number of carbonyl (C=O) groups is 2. The summed E-state index contributed by atoms with van der Waals surface area (Å²) in [4.78, 5) is 22.9. The number of amides is 1. The Morgan fingerprint density at radius 3 is 2.81 bits per heavy atom. The van der Waals surface area contributed by atoms with Crippen LogP contribution in [0.2, 0.25) is 0 Å². The number of nitrogens with one attached hydrogen (secondary N) is 1. The third kappa shape index (κ3) is 4.04. The molecule has 1 atom stereocenters. The molecule has 2 heterocycles. The Morgan fingerprint density at radius 1 is 1.48 bits per heavy atom. The van der Waals surface area contributed by atoms with Crippen LogP contribution in [0.5, 0.6) is 0 Å². The molecule has 7 nitrogen and oxygen atoms in total. The first-order chi connectivity index (χ1) is 9.88. The van der Waals surface area contributed by atoms with Crippen molar-refractivity contribution in [2.75, 3.05) is 6.61 Å². The lowest BCUT2D eigenvalue weighted by atomic mass is 9.99. The van der Waals surface area contributed by atoms with E-state index in [0.29, 0.717) is 18.7 Å². The lowest BCUT2D eigenvalue weighted by Crippen LogP contribution is -2.43. The Hall–Kier alpha value is -1.89. The second-order valence-electron chi connectivity index (χ2n) is 5.75. The lowest BCUT2D eigenvalue weighted by Gasteiger charge is -2.26. The summed E-state index contributed by atoms with van der Waals surface area (Å²) in [6.45, 7) is 4.19. The summed E-state index contributed by atoms with van der Waals surface area (Å²) in [5, 5.41) is 15.4. The number of hydrogen-bond donors (Lipinski definition) is 2. The summed E-state index contributed by atoms with van der Waals surface area (Å²) in [5.41, 5.74) is -0.430. The molecular formula is C14H20N2O5. The average Bonchev–Trinajstić information content (AvgIpc) is 2.89. The van der Waals surface area contributed by atoms with E-state index in [4.69, 9.17) is 14.4 Å². The van der Waals surface area contributed by atoms with Gasteiger partial charge in [-0.25, -0.2) is 4.79 Å². The molecule has 1 aliphatic rings. The van der Waals surface area contributed by atoms with E-state index >= 15 is 0 Å². The number of carbonyl (C=O) groups excluding carboxylic acids is 1. The molecule has 0 aliphatic carbocycles. The van der Waals surface area contributed by atoms with Gasteiger partial charge in [0.15, 0.2) is 0 Å². The third-order valence-electron chi connectivity index (χ3n) is 3.50. The monoisotopic (exact) mass is 296 g/mol. The largest absolute Gasteiger partial charge is 0.475 e. The molecule has 1 amide bonds. The van der Waals surface area contributed by atoms with Crippen molar-refractivity contribution in [2.24, 2.45) is 0 Å². The van der Waals surface area contributed by atoms with E-state index in [1.54, 1.807) is 13.8 Å². The molecule has 21 heavy (non-hydrogen) atoms. The van der Waals surface area contributed by atoms with Gasteiger partial charge in [0.2, 0.25) is 11.7 Å². The van der Waals surface area contributed by atoms with Gasteiger partial charge >= 0.3 is 5.97 Å². The van der Waals surface area contributed by atoms with Gasteiger partial charge in [0, 0.05) is 12.7 Å². The van der Waals surface area contributed by atoms with E-state index in [1.807, 2.05) is 0 Å². The molecule has 116 valence electrons. The summed E-state index contributed by atoms with van der Waals surface area (Å²) < 4.78 is 10.3. The second-order valence-corrected chi connectivity index (χ2v) is 5.75. The van der Waals surface area contributed by atoms with Gasteiger partial charge in [-0.15, -0.1) is 0 Å². The van der Waals surface area contributed by atoms with Crippen molar-refractivity contribution in [3.63, 3.8) is 0 Å². The zero-order valence-corrected chi connectivity index (χ0v) is 12.2. The van der Waals surface area contributed by atoms with E-state index in [9.17, 15) is 9.59 Å². The van der Waals surface area contributed by atoms with E-state index in [0.717, 1.165) is 19.3 Å². The number of rotatable bonds is 5. The quantitative estimate of drug-likeness (QED) is 0.857. The fourth-order valence-electron chi connectivity index (χ4n) is 2.31. The highest BCUT2D eigenvalue weighted by Crippen LogP contribution is 2.21. The van der Waals surface area contributed by atoms with Crippen molar-refractivity contribution in [3.8, 4) is 0 Å². The first-order valence-corrected chi connectivity index (χ1v) is 7.01. The van der Waals surface area contributed by atoms with Gasteiger partial charge in [-0.1, -0.05) is 5.16 Å². The second kappa shape index (κ2) is 6.26. The van der Waals surface area contributed by atoms with Crippen LogP contribution in [0, 0.1) is 0 Å². The van der Waals surface area contributed by atoms with E-state index in [2.05, 4.69) is 10.5 Å². The maximum atomic E-state index is 12.1. The summed E-state index contributed by atoms with van der Waals surface area (Å²) >= 11 is 0. The molecule has 0 saturated carbocycles.